The molecule has 0 radical (unpaired) electrons. The fraction of sp³-hybridized carbons (Fsp3) is 0.143. The van der Waals surface area contributed by atoms with Gasteiger partial charge in [0.2, 0.25) is 0 Å². The molecule has 0 aliphatic rings. The van der Waals surface area contributed by atoms with Crippen LogP contribution in [-0.4, -0.2) is 10.9 Å². The molecule has 3 aromatic rings. The molecule has 0 aliphatic carbocycles. The molecule has 1 unspecified atom stereocenters. The molecule has 30 heavy (non-hydrogen) atoms. The Morgan fingerprint density at radius 3 is 1.77 bits per heavy atom. The van der Waals surface area contributed by atoms with E-state index in [1.165, 1.54) is 12.4 Å². The van der Waals surface area contributed by atoms with E-state index in [1.54, 1.807) is 42.5 Å². The van der Waals surface area contributed by atoms with Crippen molar-refractivity contribution in [3.8, 4) is 0 Å². The van der Waals surface area contributed by atoms with Crippen LogP contribution in [0.2, 0.25) is 0 Å². The second-order valence-electron chi connectivity index (χ2n) is 6.39. The minimum absolute atomic E-state index is 0.0195. The van der Waals surface area contributed by atoms with Crippen molar-refractivity contribution in [2.45, 2.75) is 18.4 Å². The van der Waals surface area contributed by atoms with Gasteiger partial charge in [0.25, 0.3) is 5.91 Å². The predicted molar refractivity (Wildman–Crippen MR) is 96.4 cm³/mol. The Kier molecular flexibility index (Phi) is 5.82. The number of hydrogen-bond donors (Lipinski definition) is 1. The van der Waals surface area contributed by atoms with Gasteiger partial charge in [-0.2, -0.15) is 26.3 Å². The first-order chi connectivity index (χ1) is 14.1. The highest BCUT2D eigenvalue weighted by molar-refractivity contribution is 5.95. The standard InChI is InChI=1S/C21H14F6N2O/c22-20(23,24)16-10-15(11-17(12-16)21(25,26)27)19(30)29-18(13-4-2-1-3-5-13)14-6-8-28-9-7-14/h1-12,18H,(H,29,30). The van der Waals surface area contributed by atoms with Crippen LogP contribution in [0.15, 0.2) is 73.1 Å². The van der Waals surface area contributed by atoms with Gasteiger partial charge >= 0.3 is 12.4 Å². The summed E-state index contributed by atoms with van der Waals surface area (Å²) in [7, 11) is 0. The van der Waals surface area contributed by atoms with E-state index in [1.807, 2.05) is 0 Å². The second kappa shape index (κ2) is 8.17. The molecule has 0 saturated carbocycles. The van der Waals surface area contributed by atoms with E-state index >= 15 is 0 Å². The summed E-state index contributed by atoms with van der Waals surface area (Å²) in [5.41, 5.74) is -2.69. The summed E-state index contributed by atoms with van der Waals surface area (Å²) < 4.78 is 78.5. The monoisotopic (exact) mass is 424 g/mol. The molecule has 1 N–H and O–H groups in total. The summed E-state index contributed by atoms with van der Waals surface area (Å²) >= 11 is 0. The maximum absolute atomic E-state index is 13.1. The van der Waals surface area contributed by atoms with Crippen LogP contribution in [0, 0.1) is 0 Å². The summed E-state index contributed by atoms with van der Waals surface area (Å²) in [6, 6.07) is 11.6. The van der Waals surface area contributed by atoms with Crippen molar-refractivity contribution in [1.82, 2.24) is 10.3 Å². The Morgan fingerprint density at radius 1 is 0.767 bits per heavy atom. The number of pyridine rings is 1. The molecule has 1 aromatic heterocycles. The number of hydrogen-bond acceptors (Lipinski definition) is 2. The fourth-order valence-corrected chi connectivity index (χ4v) is 2.86. The lowest BCUT2D eigenvalue weighted by molar-refractivity contribution is -0.143. The zero-order valence-corrected chi connectivity index (χ0v) is 15.1. The summed E-state index contributed by atoms with van der Waals surface area (Å²) in [6.45, 7) is 0. The highest BCUT2D eigenvalue weighted by Crippen LogP contribution is 2.36. The molecule has 0 spiro atoms. The summed E-state index contributed by atoms with van der Waals surface area (Å²) in [5, 5.41) is 2.52. The number of carbonyl (C=O) groups excluding carboxylic acids is 1. The molecular formula is C21H14F6N2O. The molecule has 1 atom stereocenters. The van der Waals surface area contributed by atoms with Gasteiger partial charge in [-0.15, -0.1) is 0 Å². The van der Waals surface area contributed by atoms with Crippen molar-refractivity contribution in [1.29, 1.82) is 0 Å². The van der Waals surface area contributed by atoms with Crippen molar-refractivity contribution in [3.63, 3.8) is 0 Å². The Balaban J connectivity index is 2.02. The zero-order valence-electron chi connectivity index (χ0n) is 15.1. The third-order valence-electron chi connectivity index (χ3n) is 4.30. The number of alkyl halides is 6. The van der Waals surface area contributed by atoms with Crippen molar-refractivity contribution in [3.05, 3.63) is 101 Å². The fourth-order valence-electron chi connectivity index (χ4n) is 2.86. The average molecular weight is 424 g/mol. The maximum atomic E-state index is 13.1. The normalized spacial score (nSPS) is 13.0. The van der Waals surface area contributed by atoms with Gasteiger partial charge in [0.05, 0.1) is 17.2 Å². The Bertz CT molecular complexity index is 945. The molecule has 2 aromatic carbocycles. The lowest BCUT2D eigenvalue weighted by Crippen LogP contribution is -2.30. The van der Waals surface area contributed by atoms with Crippen molar-refractivity contribution < 1.29 is 31.1 Å². The second-order valence-corrected chi connectivity index (χ2v) is 6.39. The minimum atomic E-state index is -5.04. The van der Waals surface area contributed by atoms with Crippen molar-refractivity contribution in [2.24, 2.45) is 0 Å². The molecule has 0 bridgehead atoms. The number of halogens is 6. The predicted octanol–water partition coefficient (Wildman–Crippen LogP) is 5.64. The first-order valence-electron chi connectivity index (χ1n) is 8.61. The van der Waals surface area contributed by atoms with E-state index < -0.39 is 41.0 Å². The van der Waals surface area contributed by atoms with Gasteiger partial charge in [-0.3, -0.25) is 9.78 Å². The maximum Gasteiger partial charge on any atom is 0.416 e. The van der Waals surface area contributed by atoms with E-state index in [9.17, 15) is 31.1 Å². The largest absolute Gasteiger partial charge is 0.416 e. The Hall–Kier alpha value is -3.36. The minimum Gasteiger partial charge on any atom is -0.341 e. The van der Waals surface area contributed by atoms with Crippen molar-refractivity contribution >= 4 is 5.91 Å². The molecule has 1 heterocycles. The third kappa shape index (κ3) is 4.97. The van der Waals surface area contributed by atoms with E-state index in [4.69, 9.17) is 0 Å². The summed E-state index contributed by atoms with van der Waals surface area (Å²) in [4.78, 5) is 16.6. The molecule has 156 valence electrons. The first kappa shape index (κ1) is 21.4. The topological polar surface area (TPSA) is 42.0 Å². The van der Waals surface area contributed by atoms with Gasteiger partial charge in [0.15, 0.2) is 0 Å². The van der Waals surface area contributed by atoms with Crippen LogP contribution in [0.1, 0.15) is 38.7 Å². The zero-order chi connectivity index (χ0) is 21.9. The number of nitrogens with one attached hydrogen (secondary N) is 1. The quantitative estimate of drug-likeness (QED) is 0.551. The number of aromatic nitrogens is 1. The van der Waals surface area contributed by atoms with Crippen LogP contribution >= 0.6 is 0 Å². The van der Waals surface area contributed by atoms with Crippen LogP contribution in [0.3, 0.4) is 0 Å². The molecule has 0 fully saturated rings. The highest BCUT2D eigenvalue weighted by atomic mass is 19.4. The number of amides is 1. The number of nitrogens with zero attached hydrogens (tertiary/aromatic N) is 1. The smallest absolute Gasteiger partial charge is 0.341 e. The van der Waals surface area contributed by atoms with Gasteiger partial charge in [-0.25, -0.2) is 0 Å². The van der Waals surface area contributed by atoms with Gasteiger partial charge in [-0.05, 0) is 41.5 Å². The van der Waals surface area contributed by atoms with E-state index in [0.29, 0.717) is 23.3 Å². The summed E-state index contributed by atoms with van der Waals surface area (Å²) in [6.07, 6.45) is -7.16. The lowest BCUT2D eigenvalue weighted by atomic mass is 9.98. The van der Waals surface area contributed by atoms with E-state index in [0.717, 1.165) is 0 Å². The van der Waals surface area contributed by atoms with Gasteiger partial charge in [0, 0.05) is 18.0 Å². The highest BCUT2D eigenvalue weighted by Gasteiger charge is 2.37. The Labute approximate surface area is 167 Å². The van der Waals surface area contributed by atoms with Crippen LogP contribution in [0.4, 0.5) is 26.3 Å². The van der Waals surface area contributed by atoms with Crippen LogP contribution in [0.25, 0.3) is 0 Å². The van der Waals surface area contributed by atoms with Gasteiger partial charge in [-0.1, -0.05) is 30.3 Å². The molecule has 3 nitrogen and oxygen atoms in total. The average Bonchev–Trinajstić information content (AvgIpc) is 2.71. The van der Waals surface area contributed by atoms with Crippen LogP contribution in [-0.2, 0) is 12.4 Å². The SMILES string of the molecule is O=C(NC(c1ccccc1)c1ccncc1)c1cc(C(F)(F)F)cc(C(F)(F)F)c1. The van der Waals surface area contributed by atoms with E-state index in [2.05, 4.69) is 10.3 Å². The lowest BCUT2D eigenvalue weighted by Gasteiger charge is -2.21. The van der Waals surface area contributed by atoms with Crippen LogP contribution < -0.4 is 5.32 Å². The number of benzene rings is 2. The van der Waals surface area contributed by atoms with E-state index in [-0.39, 0.29) is 6.07 Å². The first-order valence-corrected chi connectivity index (χ1v) is 8.61. The van der Waals surface area contributed by atoms with Crippen molar-refractivity contribution in [2.75, 3.05) is 0 Å². The molecular weight excluding hydrogens is 410 g/mol. The summed E-state index contributed by atoms with van der Waals surface area (Å²) in [5.74, 6) is -1.07. The molecule has 0 aliphatic heterocycles. The third-order valence-corrected chi connectivity index (χ3v) is 4.30. The molecule has 9 heteroatoms. The number of carbonyl (C=O) groups is 1. The molecule has 1 amide bonds. The molecule has 3 rings (SSSR count). The Morgan fingerprint density at radius 2 is 1.27 bits per heavy atom. The molecule has 0 saturated heterocycles. The van der Waals surface area contributed by atoms with Crippen LogP contribution in [0.5, 0.6) is 0 Å². The number of rotatable bonds is 4. The van der Waals surface area contributed by atoms with Gasteiger partial charge < -0.3 is 5.32 Å². The van der Waals surface area contributed by atoms with Gasteiger partial charge in [0.1, 0.15) is 0 Å².